The van der Waals surface area contributed by atoms with E-state index in [1.165, 1.54) is 24.9 Å². The van der Waals surface area contributed by atoms with Crippen molar-refractivity contribution >= 4 is 17.3 Å². The number of piperidine rings is 1. The lowest BCUT2D eigenvalue weighted by molar-refractivity contribution is -0.122. The van der Waals surface area contributed by atoms with Gasteiger partial charge in [0.15, 0.2) is 0 Å². The van der Waals surface area contributed by atoms with Gasteiger partial charge in [0.1, 0.15) is 0 Å². The molecular weight excluding hydrogens is 286 g/mol. The van der Waals surface area contributed by atoms with Gasteiger partial charge in [0.2, 0.25) is 5.91 Å². The van der Waals surface area contributed by atoms with Crippen LogP contribution in [0.25, 0.3) is 0 Å². The van der Waals surface area contributed by atoms with Crippen molar-refractivity contribution in [1.29, 1.82) is 0 Å². The first-order chi connectivity index (χ1) is 11.1. The van der Waals surface area contributed by atoms with Gasteiger partial charge >= 0.3 is 0 Å². The molecule has 2 aliphatic rings. The fraction of sp³-hybridized carbons (Fsp3) is 0.632. The van der Waals surface area contributed by atoms with E-state index in [9.17, 15) is 4.79 Å². The zero-order valence-electron chi connectivity index (χ0n) is 14.2. The van der Waals surface area contributed by atoms with Gasteiger partial charge in [0, 0.05) is 24.5 Å². The first-order valence-electron chi connectivity index (χ1n) is 9.02. The molecule has 1 saturated carbocycles. The van der Waals surface area contributed by atoms with Gasteiger partial charge in [-0.2, -0.15) is 0 Å². The molecule has 2 fully saturated rings. The van der Waals surface area contributed by atoms with E-state index in [0.29, 0.717) is 0 Å². The van der Waals surface area contributed by atoms with Crippen molar-refractivity contribution in [3.05, 3.63) is 24.3 Å². The van der Waals surface area contributed by atoms with Crippen LogP contribution in [-0.4, -0.2) is 24.5 Å². The van der Waals surface area contributed by atoms with Crippen molar-refractivity contribution in [3.63, 3.8) is 0 Å². The maximum absolute atomic E-state index is 12.6. The lowest BCUT2D eigenvalue weighted by Gasteiger charge is -2.33. The number of hydrogen-bond donors (Lipinski definition) is 2. The third-order valence-corrected chi connectivity index (χ3v) is 5.45. The van der Waals surface area contributed by atoms with Crippen LogP contribution in [0.5, 0.6) is 0 Å². The molecule has 0 atom stereocenters. The van der Waals surface area contributed by atoms with Crippen molar-refractivity contribution in [1.82, 2.24) is 0 Å². The molecule has 23 heavy (non-hydrogen) atoms. The molecule has 4 nitrogen and oxygen atoms in total. The fourth-order valence-corrected chi connectivity index (χ4v) is 3.71. The summed E-state index contributed by atoms with van der Waals surface area (Å²) in [5, 5.41) is 3.05. The average molecular weight is 315 g/mol. The number of nitrogens with one attached hydrogen (secondary N) is 1. The van der Waals surface area contributed by atoms with E-state index in [1.54, 1.807) is 0 Å². The van der Waals surface area contributed by atoms with Gasteiger partial charge in [0.05, 0.1) is 5.54 Å². The zero-order valence-corrected chi connectivity index (χ0v) is 14.2. The molecule has 1 aliphatic carbocycles. The van der Waals surface area contributed by atoms with E-state index in [0.717, 1.165) is 50.4 Å². The number of nitrogens with two attached hydrogens (primary N) is 1. The molecule has 0 aromatic heterocycles. The van der Waals surface area contributed by atoms with Crippen LogP contribution in [0.3, 0.4) is 0 Å². The molecule has 1 saturated heterocycles. The van der Waals surface area contributed by atoms with Crippen LogP contribution < -0.4 is 16.0 Å². The summed E-state index contributed by atoms with van der Waals surface area (Å²) in [7, 11) is 0. The number of carbonyl (C=O) groups excluding carboxylic acids is 1. The van der Waals surface area contributed by atoms with Crippen molar-refractivity contribution in [3.8, 4) is 0 Å². The van der Waals surface area contributed by atoms with Crippen molar-refractivity contribution in [2.45, 2.75) is 57.4 Å². The summed E-state index contributed by atoms with van der Waals surface area (Å²) in [6, 6.07) is 8.19. The highest BCUT2D eigenvalue weighted by Gasteiger charge is 2.35. The quantitative estimate of drug-likeness (QED) is 0.897. The molecule has 0 bridgehead atoms. The Balaban J connectivity index is 1.66. The topological polar surface area (TPSA) is 58.4 Å². The predicted octanol–water partition coefficient (Wildman–Crippen LogP) is 3.52. The van der Waals surface area contributed by atoms with E-state index in [2.05, 4.69) is 29.3 Å². The Labute approximate surface area is 139 Å². The van der Waals surface area contributed by atoms with Gasteiger partial charge in [-0.3, -0.25) is 4.79 Å². The smallest absolute Gasteiger partial charge is 0.244 e. The minimum atomic E-state index is -0.686. The summed E-state index contributed by atoms with van der Waals surface area (Å²) in [6.45, 7) is 4.51. The number of anilines is 2. The minimum absolute atomic E-state index is 0.0263. The maximum atomic E-state index is 12.6. The molecule has 0 unspecified atom stereocenters. The zero-order chi connectivity index (χ0) is 16.3. The second-order valence-corrected chi connectivity index (χ2v) is 7.39. The van der Waals surface area contributed by atoms with Crippen LogP contribution in [0.2, 0.25) is 0 Å². The molecule has 1 aromatic rings. The molecular formula is C19H29N3O. The van der Waals surface area contributed by atoms with E-state index < -0.39 is 5.54 Å². The normalized spacial score (nSPS) is 21.9. The largest absolute Gasteiger partial charge is 0.371 e. The van der Waals surface area contributed by atoms with E-state index >= 15 is 0 Å². The number of amides is 1. The third kappa shape index (κ3) is 3.86. The highest BCUT2D eigenvalue weighted by atomic mass is 16.2. The molecule has 1 aromatic carbocycles. The molecule has 1 aliphatic heterocycles. The van der Waals surface area contributed by atoms with Crippen LogP contribution in [0.1, 0.15) is 51.9 Å². The fourth-order valence-electron chi connectivity index (χ4n) is 3.71. The van der Waals surface area contributed by atoms with Crippen LogP contribution in [0.15, 0.2) is 24.3 Å². The van der Waals surface area contributed by atoms with Gasteiger partial charge in [-0.1, -0.05) is 32.3 Å². The molecule has 0 spiro atoms. The molecule has 0 radical (unpaired) electrons. The Hall–Kier alpha value is -1.55. The highest BCUT2D eigenvalue weighted by Crippen LogP contribution is 2.29. The third-order valence-electron chi connectivity index (χ3n) is 5.45. The van der Waals surface area contributed by atoms with Gasteiger partial charge in [-0.25, -0.2) is 0 Å². The lowest BCUT2D eigenvalue weighted by atomic mass is 9.82. The molecule has 1 amide bonds. The van der Waals surface area contributed by atoms with Crippen molar-refractivity contribution in [2.24, 2.45) is 11.7 Å². The summed E-state index contributed by atoms with van der Waals surface area (Å²) in [5.41, 5.74) is 7.70. The SMILES string of the molecule is CC1CCN(c2cccc(NC(=O)C3(N)CCCCC3)c2)CC1. The Bertz CT molecular complexity index is 543. The Morgan fingerprint density at radius 3 is 2.61 bits per heavy atom. The summed E-state index contributed by atoms with van der Waals surface area (Å²) in [6.07, 6.45) is 7.36. The van der Waals surface area contributed by atoms with Crippen molar-refractivity contribution < 1.29 is 4.79 Å². The molecule has 4 heteroatoms. The molecule has 1 heterocycles. The Morgan fingerprint density at radius 2 is 1.91 bits per heavy atom. The van der Waals surface area contributed by atoms with Gasteiger partial charge in [-0.05, 0) is 49.8 Å². The number of benzene rings is 1. The second-order valence-electron chi connectivity index (χ2n) is 7.39. The predicted molar refractivity (Wildman–Crippen MR) is 95.7 cm³/mol. The van der Waals surface area contributed by atoms with Gasteiger partial charge in [0.25, 0.3) is 0 Å². The molecule has 3 N–H and O–H groups in total. The van der Waals surface area contributed by atoms with E-state index in [1.807, 2.05) is 12.1 Å². The van der Waals surface area contributed by atoms with Crippen LogP contribution in [0.4, 0.5) is 11.4 Å². The summed E-state index contributed by atoms with van der Waals surface area (Å²) >= 11 is 0. The first-order valence-corrected chi connectivity index (χ1v) is 9.02. The second kappa shape index (κ2) is 6.91. The standard InChI is InChI=1S/C19H29N3O/c1-15-8-12-22(13-9-15)17-7-5-6-16(14-17)21-18(23)19(20)10-3-2-4-11-19/h5-7,14-15H,2-4,8-13,20H2,1H3,(H,21,23). The van der Waals surface area contributed by atoms with E-state index in [4.69, 9.17) is 5.73 Å². The van der Waals surface area contributed by atoms with Gasteiger partial charge in [-0.15, -0.1) is 0 Å². The molecule has 126 valence electrons. The Morgan fingerprint density at radius 1 is 1.22 bits per heavy atom. The summed E-state index contributed by atoms with van der Waals surface area (Å²) in [4.78, 5) is 15.0. The van der Waals surface area contributed by atoms with Crippen LogP contribution in [-0.2, 0) is 4.79 Å². The summed E-state index contributed by atoms with van der Waals surface area (Å²) in [5.74, 6) is 0.791. The number of nitrogens with zero attached hydrogens (tertiary/aromatic N) is 1. The lowest BCUT2D eigenvalue weighted by Crippen LogP contribution is -2.52. The number of carbonyl (C=O) groups is 1. The van der Waals surface area contributed by atoms with E-state index in [-0.39, 0.29) is 5.91 Å². The first kappa shape index (κ1) is 16.3. The van der Waals surface area contributed by atoms with Crippen molar-refractivity contribution in [2.75, 3.05) is 23.3 Å². The average Bonchev–Trinajstić information content (AvgIpc) is 2.56. The highest BCUT2D eigenvalue weighted by molar-refractivity contribution is 5.98. The number of rotatable bonds is 3. The van der Waals surface area contributed by atoms with Crippen LogP contribution in [0, 0.1) is 5.92 Å². The number of hydrogen-bond acceptors (Lipinski definition) is 3. The minimum Gasteiger partial charge on any atom is -0.371 e. The summed E-state index contributed by atoms with van der Waals surface area (Å²) < 4.78 is 0. The van der Waals surface area contributed by atoms with Gasteiger partial charge < -0.3 is 16.0 Å². The Kier molecular flexibility index (Phi) is 4.90. The monoisotopic (exact) mass is 315 g/mol. The maximum Gasteiger partial charge on any atom is 0.244 e. The van der Waals surface area contributed by atoms with Crippen LogP contribution >= 0.6 is 0 Å². The molecule has 3 rings (SSSR count).